The first-order valence-corrected chi connectivity index (χ1v) is 8.64. The molecule has 4 rings (SSSR count). The average Bonchev–Trinajstić information content (AvgIpc) is 3.16. The van der Waals surface area contributed by atoms with Gasteiger partial charge in [-0.3, -0.25) is 4.90 Å². The zero-order valence-electron chi connectivity index (χ0n) is 14.2. The van der Waals surface area contributed by atoms with Gasteiger partial charge in [-0.25, -0.2) is 4.99 Å². The Morgan fingerprint density at radius 2 is 2.00 bits per heavy atom. The van der Waals surface area contributed by atoms with Gasteiger partial charge in [0.15, 0.2) is 5.76 Å². The maximum Gasteiger partial charge on any atom is 0.176 e. The molecule has 0 saturated heterocycles. The molecule has 2 aliphatic heterocycles. The van der Waals surface area contributed by atoms with E-state index in [0.717, 1.165) is 44.9 Å². The maximum absolute atomic E-state index is 5.25. The van der Waals surface area contributed by atoms with E-state index in [-0.39, 0.29) is 0 Å². The molecule has 25 heavy (non-hydrogen) atoms. The summed E-state index contributed by atoms with van der Waals surface area (Å²) < 4.78 is 5.25. The van der Waals surface area contributed by atoms with Gasteiger partial charge in [0.1, 0.15) is 0 Å². The van der Waals surface area contributed by atoms with Gasteiger partial charge in [0, 0.05) is 38.3 Å². The third-order valence-corrected chi connectivity index (χ3v) is 4.52. The number of benzene rings is 1. The molecule has 0 radical (unpaired) electrons. The Bertz CT molecular complexity index is 825. The van der Waals surface area contributed by atoms with Crippen LogP contribution in [0.3, 0.4) is 0 Å². The second-order valence-corrected chi connectivity index (χ2v) is 6.43. The minimum Gasteiger partial charge on any atom is -0.456 e. The summed E-state index contributed by atoms with van der Waals surface area (Å²) in [6.45, 7) is 4.58. The molecule has 0 aliphatic carbocycles. The summed E-state index contributed by atoms with van der Waals surface area (Å²) in [6.07, 6.45) is 4.66. The molecular weight excluding hydrogens is 310 g/mol. The lowest BCUT2D eigenvalue weighted by Gasteiger charge is -2.33. The standard InChI is InChI=1S/C21H21N3O/c1-2-6-18(7-3-1)14-24-16-19-15-23(12-10-21(19)22-17-24)11-4-8-20-9-5-13-25-20/h1-3,5-7,9,13,17H,10-12,14-16H2. The molecule has 0 atom stereocenters. The first-order valence-electron chi connectivity index (χ1n) is 8.64. The molecule has 0 saturated carbocycles. The normalized spacial score (nSPS) is 17.2. The molecule has 126 valence electrons. The number of rotatable bonds is 3. The molecule has 0 unspecified atom stereocenters. The fourth-order valence-corrected chi connectivity index (χ4v) is 3.25. The van der Waals surface area contributed by atoms with Gasteiger partial charge < -0.3 is 9.32 Å². The summed E-state index contributed by atoms with van der Waals surface area (Å²) in [5.41, 5.74) is 4.00. The third-order valence-electron chi connectivity index (χ3n) is 4.52. The molecule has 0 spiro atoms. The van der Waals surface area contributed by atoms with E-state index in [9.17, 15) is 0 Å². The topological polar surface area (TPSA) is 32.0 Å². The summed E-state index contributed by atoms with van der Waals surface area (Å²) in [5, 5.41) is 0. The van der Waals surface area contributed by atoms with Gasteiger partial charge in [-0.2, -0.15) is 0 Å². The van der Waals surface area contributed by atoms with Crippen molar-refractivity contribution < 1.29 is 4.42 Å². The average molecular weight is 331 g/mol. The van der Waals surface area contributed by atoms with E-state index in [1.807, 2.05) is 18.5 Å². The highest BCUT2D eigenvalue weighted by Gasteiger charge is 2.22. The van der Waals surface area contributed by atoms with Gasteiger partial charge in [0.2, 0.25) is 0 Å². The summed E-state index contributed by atoms with van der Waals surface area (Å²) >= 11 is 0. The number of nitrogens with zero attached hydrogens (tertiary/aromatic N) is 3. The first-order chi connectivity index (χ1) is 12.4. The van der Waals surface area contributed by atoms with Crippen molar-refractivity contribution in [2.24, 2.45) is 4.99 Å². The van der Waals surface area contributed by atoms with Crippen LogP contribution in [0.2, 0.25) is 0 Å². The van der Waals surface area contributed by atoms with E-state index < -0.39 is 0 Å². The van der Waals surface area contributed by atoms with Gasteiger partial charge in [-0.05, 0) is 29.2 Å². The zero-order chi connectivity index (χ0) is 16.9. The van der Waals surface area contributed by atoms with Crippen molar-refractivity contribution >= 4 is 6.34 Å². The van der Waals surface area contributed by atoms with Gasteiger partial charge in [0.25, 0.3) is 0 Å². The molecule has 0 amide bonds. The van der Waals surface area contributed by atoms with Crippen molar-refractivity contribution in [2.45, 2.75) is 13.0 Å². The van der Waals surface area contributed by atoms with E-state index in [1.165, 1.54) is 16.8 Å². The molecule has 0 fully saturated rings. The smallest absolute Gasteiger partial charge is 0.176 e. The van der Waals surface area contributed by atoms with Crippen LogP contribution in [0, 0.1) is 11.8 Å². The Kier molecular flexibility index (Phi) is 4.67. The van der Waals surface area contributed by atoms with Crippen LogP contribution < -0.4 is 0 Å². The molecule has 0 bridgehead atoms. The van der Waals surface area contributed by atoms with Crippen LogP contribution in [0.4, 0.5) is 0 Å². The van der Waals surface area contributed by atoms with E-state index in [4.69, 9.17) is 4.42 Å². The van der Waals surface area contributed by atoms with Gasteiger partial charge >= 0.3 is 0 Å². The van der Waals surface area contributed by atoms with E-state index in [2.05, 4.69) is 57.0 Å². The van der Waals surface area contributed by atoms with Crippen LogP contribution in [0.5, 0.6) is 0 Å². The van der Waals surface area contributed by atoms with Crippen LogP contribution in [-0.2, 0) is 6.54 Å². The van der Waals surface area contributed by atoms with Crippen molar-refractivity contribution in [1.82, 2.24) is 9.80 Å². The Labute approximate surface area is 148 Å². The molecular formula is C21H21N3O. The molecule has 4 nitrogen and oxygen atoms in total. The molecule has 1 aromatic carbocycles. The number of hydrogen-bond acceptors (Lipinski definition) is 4. The van der Waals surface area contributed by atoms with Gasteiger partial charge in [-0.15, -0.1) is 0 Å². The zero-order valence-corrected chi connectivity index (χ0v) is 14.2. The summed E-state index contributed by atoms with van der Waals surface area (Å²) in [6, 6.07) is 14.3. The molecule has 2 aromatic rings. The van der Waals surface area contributed by atoms with Crippen LogP contribution in [0.25, 0.3) is 0 Å². The van der Waals surface area contributed by atoms with Crippen molar-refractivity contribution in [2.75, 3.05) is 26.2 Å². The molecule has 1 aromatic heterocycles. The highest BCUT2D eigenvalue weighted by Crippen LogP contribution is 2.23. The third kappa shape index (κ3) is 4.01. The Morgan fingerprint density at radius 1 is 1.08 bits per heavy atom. The van der Waals surface area contributed by atoms with Gasteiger partial charge in [-0.1, -0.05) is 36.3 Å². The predicted octanol–water partition coefficient (Wildman–Crippen LogP) is 3.14. The lowest BCUT2D eigenvalue weighted by atomic mass is 10.0. The minimum absolute atomic E-state index is 0.730. The lowest BCUT2D eigenvalue weighted by Crippen LogP contribution is -2.38. The summed E-state index contributed by atoms with van der Waals surface area (Å²) in [5.74, 6) is 7.01. The van der Waals surface area contributed by atoms with Gasteiger partial charge in [0.05, 0.1) is 19.1 Å². The van der Waals surface area contributed by atoms with E-state index in [1.54, 1.807) is 6.26 Å². The fraction of sp³-hybridized carbons (Fsp3) is 0.286. The van der Waals surface area contributed by atoms with Crippen molar-refractivity contribution in [3.63, 3.8) is 0 Å². The fourth-order valence-electron chi connectivity index (χ4n) is 3.25. The van der Waals surface area contributed by atoms with Crippen LogP contribution in [-0.4, -0.2) is 42.3 Å². The van der Waals surface area contributed by atoms with Crippen LogP contribution in [0.1, 0.15) is 17.7 Å². The van der Waals surface area contributed by atoms with E-state index >= 15 is 0 Å². The van der Waals surface area contributed by atoms with Crippen molar-refractivity contribution in [1.29, 1.82) is 0 Å². The van der Waals surface area contributed by atoms with E-state index in [0.29, 0.717) is 0 Å². The Morgan fingerprint density at radius 3 is 2.84 bits per heavy atom. The summed E-state index contributed by atoms with van der Waals surface area (Å²) in [4.78, 5) is 9.36. The largest absolute Gasteiger partial charge is 0.456 e. The molecule has 4 heteroatoms. The quantitative estimate of drug-likeness (QED) is 0.810. The van der Waals surface area contributed by atoms with Crippen molar-refractivity contribution in [3.05, 3.63) is 71.3 Å². The Hall–Kier alpha value is -2.77. The SMILES string of the molecule is C(#Cc1ccco1)CN1CCC2=C(CN(Cc3ccccc3)C=N2)C1. The second-order valence-electron chi connectivity index (χ2n) is 6.43. The highest BCUT2D eigenvalue weighted by molar-refractivity contribution is 5.60. The highest BCUT2D eigenvalue weighted by atomic mass is 16.3. The van der Waals surface area contributed by atoms with Crippen LogP contribution >= 0.6 is 0 Å². The first kappa shape index (κ1) is 15.7. The maximum atomic E-state index is 5.25. The summed E-state index contributed by atoms with van der Waals surface area (Å²) in [7, 11) is 0. The number of aliphatic imine (C=N–C) groups is 1. The van der Waals surface area contributed by atoms with Crippen LogP contribution in [0.15, 0.2) is 69.4 Å². The minimum atomic E-state index is 0.730. The Balaban J connectivity index is 1.35. The number of furan rings is 1. The molecule has 0 N–H and O–H groups in total. The lowest BCUT2D eigenvalue weighted by molar-refractivity contribution is 0.300. The molecule has 2 aliphatic rings. The predicted molar refractivity (Wildman–Crippen MR) is 99.0 cm³/mol. The van der Waals surface area contributed by atoms with Crippen molar-refractivity contribution in [3.8, 4) is 11.8 Å². The second kappa shape index (κ2) is 7.42. The number of hydrogen-bond donors (Lipinski definition) is 0. The molecule has 3 heterocycles. The monoisotopic (exact) mass is 331 g/mol.